The Kier molecular flexibility index (Phi) is 2.17. The Morgan fingerprint density at radius 1 is 1.53 bits per heavy atom. The molecule has 0 aromatic carbocycles. The van der Waals surface area contributed by atoms with Crippen molar-refractivity contribution in [1.29, 1.82) is 0 Å². The second kappa shape index (κ2) is 3.58. The monoisotopic (exact) mass is 233 g/mol. The van der Waals surface area contributed by atoms with Crippen LogP contribution in [0, 0.1) is 6.92 Å². The maximum absolute atomic E-state index is 11.8. The van der Waals surface area contributed by atoms with Gasteiger partial charge in [0.15, 0.2) is 12.0 Å². The molecule has 0 saturated heterocycles. The Labute approximate surface area is 99.1 Å². The van der Waals surface area contributed by atoms with Gasteiger partial charge in [0.1, 0.15) is 0 Å². The SMILES string of the molecule is Cc1c(C2N=C(NC3CC3)NC2=O)cnn1C. The molecule has 1 aromatic rings. The number of nitrogens with zero attached hydrogens (tertiary/aromatic N) is 3. The van der Waals surface area contributed by atoms with Crippen molar-refractivity contribution < 1.29 is 4.79 Å². The van der Waals surface area contributed by atoms with E-state index >= 15 is 0 Å². The molecule has 2 N–H and O–H groups in total. The summed E-state index contributed by atoms with van der Waals surface area (Å²) in [6.07, 6.45) is 4.03. The Bertz CT molecular complexity index is 500. The molecule has 6 heteroatoms. The molecule has 0 spiro atoms. The van der Waals surface area contributed by atoms with E-state index in [9.17, 15) is 4.79 Å². The number of hydrogen-bond acceptors (Lipinski definition) is 4. The Morgan fingerprint density at radius 3 is 2.88 bits per heavy atom. The molecule has 1 saturated carbocycles. The van der Waals surface area contributed by atoms with E-state index in [1.807, 2.05) is 14.0 Å². The van der Waals surface area contributed by atoms with Gasteiger partial charge in [0.25, 0.3) is 5.91 Å². The second-order valence-electron chi connectivity index (χ2n) is 4.60. The zero-order valence-corrected chi connectivity index (χ0v) is 9.90. The number of aryl methyl sites for hydroxylation is 1. The van der Waals surface area contributed by atoms with Gasteiger partial charge < -0.3 is 5.32 Å². The summed E-state index contributed by atoms with van der Waals surface area (Å²) < 4.78 is 1.75. The first-order chi connectivity index (χ1) is 8.15. The third kappa shape index (κ3) is 1.79. The molecule has 1 atom stereocenters. The topological polar surface area (TPSA) is 71.3 Å². The molecule has 2 heterocycles. The molecular weight excluding hydrogens is 218 g/mol. The molecule has 6 nitrogen and oxygen atoms in total. The zero-order chi connectivity index (χ0) is 12.0. The van der Waals surface area contributed by atoms with E-state index in [0.717, 1.165) is 24.1 Å². The number of guanidine groups is 1. The summed E-state index contributed by atoms with van der Waals surface area (Å²) in [6.45, 7) is 1.94. The van der Waals surface area contributed by atoms with Crippen LogP contribution in [-0.2, 0) is 11.8 Å². The predicted molar refractivity (Wildman–Crippen MR) is 62.4 cm³/mol. The van der Waals surface area contributed by atoms with Crippen LogP contribution in [0.4, 0.5) is 0 Å². The van der Waals surface area contributed by atoms with Crippen molar-refractivity contribution in [3.63, 3.8) is 0 Å². The van der Waals surface area contributed by atoms with E-state index in [1.165, 1.54) is 0 Å². The maximum atomic E-state index is 11.8. The summed E-state index contributed by atoms with van der Waals surface area (Å²) in [6, 6.07) is 0.0349. The highest BCUT2D eigenvalue weighted by Crippen LogP contribution is 2.25. The van der Waals surface area contributed by atoms with Crippen LogP contribution in [0.2, 0.25) is 0 Å². The van der Waals surface area contributed by atoms with Crippen LogP contribution in [0.25, 0.3) is 0 Å². The quantitative estimate of drug-likeness (QED) is 0.755. The fourth-order valence-electron chi connectivity index (χ4n) is 1.89. The molecule has 1 aliphatic heterocycles. The van der Waals surface area contributed by atoms with Crippen molar-refractivity contribution in [1.82, 2.24) is 20.4 Å². The van der Waals surface area contributed by atoms with E-state index < -0.39 is 6.04 Å². The molecule has 1 fully saturated rings. The van der Waals surface area contributed by atoms with Gasteiger partial charge in [-0.15, -0.1) is 0 Å². The minimum Gasteiger partial charge on any atom is -0.353 e. The van der Waals surface area contributed by atoms with Crippen LogP contribution >= 0.6 is 0 Å². The highest BCUT2D eigenvalue weighted by Gasteiger charge is 2.32. The first kappa shape index (κ1) is 10.3. The molecule has 1 aliphatic carbocycles. The Balaban J connectivity index is 1.84. The van der Waals surface area contributed by atoms with Crippen LogP contribution in [0.1, 0.15) is 30.1 Å². The van der Waals surface area contributed by atoms with Gasteiger partial charge in [-0.05, 0) is 19.8 Å². The third-order valence-corrected chi connectivity index (χ3v) is 3.23. The summed E-state index contributed by atoms with van der Waals surface area (Å²) in [5.41, 5.74) is 1.85. The minimum absolute atomic E-state index is 0.0794. The second-order valence-corrected chi connectivity index (χ2v) is 4.60. The number of carbonyl (C=O) groups is 1. The molecule has 1 aromatic heterocycles. The largest absolute Gasteiger partial charge is 0.353 e. The van der Waals surface area contributed by atoms with Crippen molar-refractivity contribution in [3.05, 3.63) is 17.5 Å². The van der Waals surface area contributed by atoms with Crippen molar-refractivity contribution in [3.8, 4) is 0 Å². The van der Waals surface area contributed by atoms with Crippen molar-refractivity contribution in [2.75, 3.05) is 0 Å². The van der Waals surface area contributed by atoms with Crippen molar-refractivity contribution in [2.45, 2.75) is 31.8 Å². The first-order valence-corrected chi connectivity index (χ1v) is 5.79. The average Bonchev–Trinajstić information content (AvgIpc) is 2.95. The van der Waals surface area contributed by atoms with E-state index in [1.54, 1.807) is 10.9 Å². The van der Waals surface area contributed by atoms with Crippen LogP contribution in [0.5, 0.6) is 0 Å². The van der Waals surface area contributed by atoms with Crippen LogP contribution in [-0.4, -0.2) is 27.7 Å². The number of rotatable bonds is 2. The minimum atomic E-state index is -0.454. The normalized spacial score (nSPS) is 23.5. The molecule has 0 bridgehead atoms. The van der Waals surface area contributed by atoms with Gasteiger partial charge in [0, 0.05) is 24.3 Å². The first-order valence-electron chi connectivity index (χ1n) is 5.79. The smallest absolute Gasteiger partial charge is 0.256 e. The van der Waals surface area contributed by atoms with Crippen molar-refractivity contribution >= 4 is 11.9 Å². The summed E-state index contributed by atoms with van der Waals surface area (Å²) >= 11 is 0. The number of aromatic nitrogens is 2. The maximum Gasteiger partial charge on any atom is 0.256 e. The lowest BCUT2D eigenvalue weighted by Crippen LogP contribution is -2.37. The lowest BCUT2D eigenvalue weighted by atomic mass is 10.1. The van der Waals surface area contributed by atoms with E-state index in [0.29, 0.717) is 12.0 Å². The number of nitrogens with one attached hydrogen (secondary N) is 2. The lowest BCUT2D eigenvalue weighted by Gasteiger charge is -2.03. The fraction of sp³-hybridized carbons (Fsp3) is 0.545. The number of carbonyl (C=O) groups excluding carboxylic acids is 1. The molecule has 90 valence electrons. The van der Waals surface area contributed by atoms with Crippen LogP contribution in [0.3, 0.4) is 0 Å². The van der Waals surface area contributed by atoms with Gasteiger partial charge in [-0.2, -0.15) is 5.10 Å². The molecular formula is C11H15N5O. The molecule has 1 unspecified atom stereocenters. The summed E-state index contributed by atoms with van der Waals surface area (Å²) in [5.74, 6) is 0.523. The third-order valence-electron chi connectivity index (χ3n) is 3.23. The van der Waals surface area contributed by atoms with Crippen LogP contribution in [0.15, 0.2) is 11.2 Å². The highest BCUT2D eigenvalue weighted by atomic mass is 16.2. The van der Waals surface area contributed by atoms with Crippen molar-refractivity contribution in [2.24, 2.45) is 12.0 Å². The summed E-state index contributed by atoms with van der Waals surface area (Å²) in [7, 11) is 1.86. The lowest BCUT2D eigenvalue weighted by molar-refractivity contribution is -0.120. The number of hydrogen-bond donors (Lipinski definition) is 2. The Morgan fingerprint density at radius 2 is 2.29 bits per heavy atom. The number of aliphatic imine (C=N–C) groups is 1. The summed E-state index contributed by atoms with van der Waals surface area (Å²) in [4.78, 5) is 16.2. The van der Waals surface area contributed by atoms with E-state index in [4.69, 9.17) is 0 Å². The van der Waals surface area contributed by atoms with Crippen LogP contribution < -0.4 is 10.6 Å². The average molecular weight is 233 g/mol. The Hall–Kier alpha value is -1.85. The van der Waals surface area contributed by atoms with Gasteiger partial charge >= 0.3 is 0 Å². The van der Waals surface area contributed by atoms with Gasteiger partial charge in [-0.25, -0.2) is 4.99 Å². The standard InChI is InChI=1S/C11H15N5O/c1-6-8(5-12-16(6)2)9-10(17)15-11(14-9)13-7-3-4-7/h5,7,9H,3-4H2,1-2H3,(H2,13,14,15,17). The highest BCUT2D eigenvalue weighted by molar-refractivity contribution is 6.05. The molecule has 2 aliphatic rings. The zero-order valence-electron chi connectivity index (χ0n) is 9.90. The summed E-state index contributed by atoms with van der Waals surface area (Å²) in [5, 5.41) is 10.1. The molecule has 3 rings (SSSR count). The van der Waals surface area contributed by atoms with Gasteiger partial charge in [0.2, 0.25) is 0 Å². The predicted octanol–water partition coefficient (Wildman–Crippen LogP) is 0.00742. The fourth-order valence-corrected chi connectivity index (χ4v) is 1.89. The van der Waals surface area contributed by atoms with Gasteiger partial charge in [-0.3, -0.25) is 14.8 Å². The number of amides is 1. The molecule has 0 radical (unpaired) electrons. The molecule has 1 amide bonds. The van der Waals surface area contributed by atoms with E-state index in [2.05, 4.69) is 20.7 Å². The van der Waals surface area contributed by atoms with Gasteiger partial charge in [0.05, 0.1) is 6.20 Å². The van der Waals surface area contributed by atoms with E-state index in [-0.39, 0.29) is 5.91 Å². The molecule has 17 heavy (non-hydrogen) atoms. The van der Waals surface area contributed by atoms with Gasteiger partial charge in [-0.1, -0.05) is 0 Å².